The molecule has 304 valence electrons. The minimum Gasteiger partial charge on any atom is -0.474 e. The van der Waals surface area contributed by atoms with Gasteiger partial charge in [0, 0.05) is 80.2 Å². The number of nitrogens with zero attached hydrogens (tertiary/aromatic N) is 1. The Hall–Kier alpha value is -6.52. The maximum Gasteiger partial charge on any atom is 0.308 e. The zero-order chi connectivity index (χ0) is 42.0. The van der Waals surface area contributed by atoms with Crippen molar-refractivity contribution in [3.8, 4) is 17.2 Å². The van der Waals surface area contributed by atoms with Crippen molar-refractivity contribution in [2.45, 2.75) is 72.8 Å². The Labute approximate surface area is 329 Å². The molecule has 0 spiro atoms. The smallest absolute Gasteiger partial charge is 0.308 e. The molecule has 2 aliphatic rings. The Morgan fingerprint density at radius 1 is 0.737 bits per heavy atom. The maximum absolute atomic E-state index is 14.4. The van der Waals surface area contributed by atoms with Crippen LogP contribution < -0.4 is 35.1 Å². The molecule has 1 atom stereocenters. The summed E-state index contributed by atoms with van der Waals surface area (Å²) in [7, 11) is 1.24. The predicted octanol–water partition coefficient (Wildman–Crippen LogP) is 2.36. The molecule has 17 nitrogen and oxygen atoms in total. The summed E-state index contributed by atoms with van der Waals surface area (Å²) in [6.45, 7) is 7.74. The van der Waals surface area contributed by atoms with Crippen molar-refractivity contribution in [3.05, 3.63) is 64.6 Å². The molecule has 17 heteroatoms. The fraction of sp³-hybridized carbons (Fsp3) is 0.400. The molecule has 2 aromatic rings. The Kier molecular flexibility index (Phi) is 14.3. The lowest BCUT2D eigenvalue weighted by molar-refractivity contribution is -0.140. The van der Waals surface area contributed by atoms with Gasteiger partial charge in [-0.25, -0.2) is 0 Å². The largest absolute Gasteiger partial charge is 0.474 e. The van der Waals surface area contributed by atoms with E-state index < -0.39 is 41.0 Å². The first-order valence-electron chi connectivity index (χ1n) is 18.1. The number of hydrogen-bond acceptors (Lipinski definition) is 14. The first-order chi connectivity index (χ1) is 26.9. The van der Waals surface area contributed by atoms with Gasteiger partial charge >= 0.3 is 23.9 Å². The van der Waals surface area contributed by atoms with Gasteiger partial charge in [-0.15, -0.1) is 0 Å². The third-order valence-corrected chi connectivity index (χ3v) is 8.79. The van der Waals surface area contributed by atoms with E-state index >= 15 is 0 Å². The average molecular weight is 791 g/mol. The van der Waals surface area contributed by atoms with E-state index in [1.54, 1.807) is 23.1 Å². The Morgan fingerprint density at radius 3 is 1.89 bits per heavy atom. The van der Waals surface area contributed by atoms with Crippen LogP contribution in [0, 0.1) is 0 Å². The Morgan fingerprint density at radius 2 is 1.32 bits per heavy atom. The number of nitrogens with one attached hydrogen (secondary N) is 3. The van der Waals surface area contributed by atoms with Gasteiger partial charge in [-0.05, 0) is 53.8 Å². The number of carbonyl (C=O) groups excluding carboxylic acids is 8. The van der Waals surface area contributed by atoms with Gasteiger partial charge in [0.2, 0.25) is 23.5 Å². The predicted molar refractivity (Wildman–Crippen MR) is 203 cm³/mol. The normalized spacial score (nSPS) is 15.5. The third-order valence-electron chi connectivity index (χ3n) is 8.79. The molecule has 1 unspecified atom stereocenters. The minimum atomic E-state index is -1.79. The number of fused-ring (bicyclic) bond motifs is 2. The molecular weight excluding hydrogens is 744 g/mol. The van der Waals surface area contributed by atoms with Crippen LogP contribution in [0.25, 0.3) is 5.57 Å². The van der Waals surface area contributed by atoms with Gasteiger partial charge in [0.15, 0.2) is 22.9 Å². The fourth-order valence-electron chi connectivity index (χ4n) is 6.59. The second-order valence-electron chi connectivity index (χ2n) is 13.2. The van der Waals surface area contributed by atoms with Gasteiger partial charge in [0.1, 0.15) is 5.75 Å². The number of benzene rings is 2. The number of rotatable bonds is 16. The number of esters is 4. The highest BCUT2D eigenvalue weighted by Gasteiger charge is 2.54. The summed E-state index contributed by atoms with van der Waals surface area (Å²) >= 11 is 0. The minimum absolute atomic E-state index is 0.0189. The van der Waals surface area contributed by atoms with Crippen LogP contribution in [0.1, 0.15) is 71.1 Å². The van der Waals surface area contributed by atoms with Crippen LogP contribution >= 0.6 is 0 Å². The SMILES string of the molecule is COC(=O)CCN1C2=CC(=O)C(OC(C)=O)=C(c3cc(OC(C)=O)c(OC(C)=O)cc3CCNC(C)=O)C2(CCNC(C)=O)Oc2ccc(CCNC(C)=O)cc21. The number of carbonyl (C=O) groups is 8. The van der Waals surface area contributed by atoms with E-state index in [9.17, 15) is 38.4 Å². The number of methoxy groups -OCH3 is 1. The second-order valence-corrected chi connectivity index (χ2v) is 13.2. The molecule has 4 rings (SSSR count). The van der Waals surface area contributed by atoms with Crippen LogP contribution in [0.2, 0.25) is 0 Å². The molecule has 0 saturated heterocycles. The topological polar surface area (TPSA) is 222 Å². The number of hydrogen-bond donors (Lipinski definition) is 3. The molecule has 3 amide bonds. The van der Waals surface area contributed by atoms with Gasteiger partial charge in [-0.2, -0.15) is 0 Å². The maximum atomic E-state index is 14.4. The van der Waals surface area contributed by atoms with E-state index in [0.717, 1.165) is 26.3 Å². The summed E-state index contributed by atoms with van der Waals surface area (Å²) in [6.07, 6.45) is 1.47. The van der Waals surface area contributed by atoms with Crippen molar-refractivity contribution in [3.63, 3.8) is 0 Å². The van der Waals surface area contributed by atoms with E-state index in [1.807, 2.05) is 0 Å². The van der Waals surface area contributed by atoms with Gasteiger partial charge in [0.25, 0.3) is 0 Å². The fourth-order valence-corrected chi connectivity index (χ4v) is 6.59. The standard InChI is InChI=1S/C40H46N4O13/c1-22(45)41-14-10-28-8-9-33-31(18-28)44(17-12-37(52)53-7)36-21-32(51)39(56-27(6)50)38(40(36,57-33)13-16-43-24(3)47)30-20-35(55-26(5)49)34(54-25(4)48)19-29(30)11-15-42-23(2)46/h8-9,18-21H,10-17H2,1-7H3,(H,41,45)(H,42,46)(H,43,47). The number of amides is 3. The van der Waals surface area contributed by atoms with E-state index in [-0.39, 0.29) is 90.7 Å². The zero-order valence-corrected chi connectivity index (χ0v) is 32.9. The van der Waals surface area contributed by atoms with Crippen LogP contribution in [0.3, 0.4) is 0 Å². The first-order valence-corrected chi connectivity index (χ1v) is 18.1. The van der Waals surface area contributed by atoms with Gasteiger partial charge < -0.3 is 44.5 Å². The van der Waals surface area contributed by atoms with Crippen LogP contribution in [0.5, 0.6) is 17.2 Å². The van der Waals surface area contributed by atoms with Gasteiger partial charge in [0.05, 0.1) is 30.5 Å². The summed E-state index contributed by atoms with van der Waals surface area (Å²) in [5.74, 6) is -5.19. The van der Waals surface area contributed by atoms with Crippen molar-refractivity contribution >= 4 is 58.6 Å². The molecule has 0 aromatic heterocycles. The van der Waals surface area contributed by atoms with Gasteiger partial charge in [-0.3, -0.25) is 38.4 Å². The number of ether oxygens (including phenoxy) is 5. The van der Waals surface area contributed by atoms with Crippen LogP contribution in [-0.2, 0) is 60.7 Å². The molecule has 0 fully saturated rings. The molecule has 1 aliphatic carbocycles. The summed E-state index contributed by atoms with van der Waals surface area (Å²) in [5.41, 5.74) is 0.119. The Bertz CT molecular complexity index is 2050. The number of ketones is 1. The van der Waals surface area contributed by atoms with E-state index in [0.29, 0.717) is 24.2 Å². The Balaban J connectivity index is 2.13. The van der Waals surface area contributed by atoms with Crippen molar-refractivity contribution in [2.24, 2.45) is 0 Å². The molecule has 1 heterocycles. The lowest BCUT2D eigenvalue weighted by Gasteiger charge is -2.50. The zero-order valence-electron chi connectivity index (χ0n) is 32.9. The van der Waals surface area contributed by atoms with Gasteiger partial charge in [-0.1, -0.05) is 6.07 Å². The van der Waals surface area contributed by atoms with Crippen molar-refractivity contribution in [1.82, 2.24) is 16.0 Å². The number of anilines is 1. The lowest BCUT2D eigenvalue weighted by atomic mass is 9.74. The molecule has 3 N–H and O–H groups in total. The van der Waals surface area contributed by atoms with Crippen LogP contribution in [0.15, 0.2) is 47.9 Å². The van der Waals surface area contributed by atoms with E-state index in [4.69, 9.17) is 23.7 Å². The summed E-state index contributed by atoms with van der Waals surface area (Å²) < 4.78 is 28.6. The monoisotopic (exact) mass is 790 g/mol. The lowest BCUT2D eigenvalue weighted by Crippen LogP contribution is -2.54. The van der Waals surface area contributed by atoms with Crippen molar-refractivity contribution in [1.29, 1.82) is 0 Å². The summed E-state index contributed by atoms with van der Waals surface area (Å²) in [5, 5.41) is 8.23. The highest BCUT2D eigenvalue weighted by molar-refractivity contribution is 6.14. The van der Waals surface area contributed by atoms with Crippen LogP contribution in [0.4, 0.5) is 5.69 Å². The molecule has 0 saturated carbocycles. The molecule has 57 heavy (non-hydrogen) atoms. The average Bonchev–Trinajstić information content (AvgIpc) is 3.11. The molecular formula is C40H46N4O13. The van der Waals surface area contributed by atoms with Crippen LogP contribution in [-0.4, -0.2) is 86.3 Å². The highest BCUT2D eigenvalue weighted by Crippen LogP contribution is 2.54. The quantitative estimate of drug-likeness (QED) is 0.164. The molecule has 1 aliphatic heterocycles. The third kappa shape index (κ3) is 10.8. The molecule has 2 aromatic carbocycles. The van der Waals surface area contributed by atoms with Crippen molar-refractivity contribution in [2.75, 3.05) is 38.2 Å². The first kappa shape index (κ1) is 43.2. The summed E-state index contributed by atoms with van der Waals surface area (Å²) in [4.78, 5) is 102. The molecule has 0 bridgehead atoms. The van der Waals surface area contributed by atoms with E-state index in [1.165, 1.54) is 46.1 Å². The number of allylic oxidation sites excluding steroid dienone is 1. The van der Waals surface area contributed by atoms with E-state index in [2.05, 4.69) is 16.0 Å². The summed E-state index contributed by atoms with van der Waals surface area (Å²) in [6, 6.07) is 8.03. The van der Waals surface area contributed by atoms with Crippen molar-refractivity contribution < 1.29 is 62.0 Å². The second kappa shape index (κ2) is 18.9. The molecule has 0 radical (unpaired) electrons. The highest BCUT2D eigenvalue weighted by atomic mass is 16.6.